The summed E-state index contributed by atoms with van der Waals surface area (Å²) >= 11 is 0. The molecule has 0 saturated heterocycles. The Morgan fingerprint density at radius 1 is 0.952 bits per heavy atom. The lowest BCUT2D eigenvalue weighted by atomic mass is 10.1. The Morgan fingerprint density at radius 3 is 2.24 bits per heavy atom. The first-order chi connectivity index (χ1) is 10.1. The fourth-order valence-corrected chi connectivity index (χ4v) is 2.20. The second-order valence-corrected chi connectivity index (χ2v) is 4.79. The first-order valence-corrected chi connectivity index (χ1v) is 6.74. The molecule has 2 aromatic rings. The van der Waals surface area contributed by atoms with Gasteiger partial charge in [0, 0.05) is 19.2 Å². The molecular weight excluding hydrogens is 277 g/mol. The van der Waals surface area contributed by atoms with Gasteiger partial charge in [-0.3, -0.25) is 0 Å². The number of benzene rings is 2. The van der Waals surface area contributed by atoms with Crippen molar-refractivity contribution in [2.75, 3.05) is 18.0 Å². The maximum absolute atomic E-state index is 13.9. The summed E-state index contributed by atoms with van der Waals surface area (Å²) in [5, 5.41) is 0. The molecule has 0 atom stereocenters. The number of anilines is 1. The molecule has 2 rings (SSSR count). The van der Waals surface area contributed by atoms with Crippen molar-refractivity contribution in [3.63, 3.8) is 0 Å². The Hall–Kier alpha value is -2.01. The molecule has 21 heavy (non-hydrogen) atoms. The molecule has 2 aromatic carbocycles. The van der Waals surface area contributed by atoms with E-state index in [1.54, 1.807) is 23.1 Å². The number of hydrogen-bond donors (Lipinski definition) is 1. The molecule has 112 valence electrons. The fraction of sp³-hybridized carbons (Fsp3) is 0.250. The van der Waals surface area contributed by atoms with Crippen LogP contribution in [0.3, 0.4) is 0 Å². The molecule has 0 spiro atoms. The molecule has 0 aromatic heterocycles. The van der Waals surface area contributed by atoms with Gasteiger partial charge in [0.05, 0.1) is 5.69 Å². The van der Waals surface area contributed by atoms with Crippen LogP contribution in [0.2, 0.25) is 0 Å². The van der Waals surface area contributed by atoms with Gasteiger partial charge in [0.15, 0.2) is 0 Å². The van der Waals surface area contributed by atoms with Crippen LogP contribution in [0.25, 0.3) is 0 Å². The quantitative estimate of drug-likeness (QED) is 0.884. The van der Waals surface area contributed by atoms with Crippen molar-refractivity contribution < 1.29 is 13.2 Å². The standard InChI is InChI=1S/C16H17F3N2/c17-13-8-12(9-14(18)10-13)11-21(7-3-6-20)16-5-2-1-4-15(16)19/h1-2,4-5,8-10H,3,6-7,11,20H2. The van der Waals surface area contributed by atoms with E-state index in [9.17, 15) is 13.2 Å². The normalized spacial score (nSPS) is 10.7. The van der Waals surface area contributed by atoms with E-state index < -0.39 is 11.6 Å². The van der Waals surface area contributed by atoms with Gasteiger partial charge < -0.3 is 10.6 Å². The molecule has 2 N–H and O–H groups in total. The number of rotatable bonds is 6. The monoisotopic (exact) mass is 294 g/mol. The molecule has 0 aliphatic rings. The zero-order chi connectivity index (χ0) is 15.2. The van der Waals surface area contributed by atoms with Crippen LogP contribution in [0.15, 0.2) is 42.5 Å². The van der Waals surface area contributed by atoms with Crippen LogP contribution < -0.4 is 10.6 Å². The Morgan fingerprint density at radius 2 is 1.62 bits per heavy atom. The van der Waals surface area contributed by atoms with Gasteiger partial charge in [0.25, 0.3) is 0 Å². The number of nitrogens with two attached hydrogens (primary N) is 1. The lowest BCUT2D eigenvalue weighted by Crippen LogP contribution is -2.26. The molecule has 0 saturated carbocycles. The summed E-state index contributed by atoms with van der Waals surface area (Å²) in [6.45, 7) is 1.19. The summed E-state index contributed by atoms with van der Waals surface area (Å²) in [4.78, 5) is 1.73. The third-order valence-electron chi connectivity index (χ3n) is 3.12. The molecule has 0 radical (unpaired) electrons. The smallest absolute Gasteiger partial charge is 0.146 e. The Labute approximate surface area is 122 Å². The van der Waals surface area contributed by atoms with Gasteiger partial charge in [-0.25, -0.2) is 13.2 Å². The molecule has 2 nitrogen and oxygen atoms in total. The van der Waals surface area contributed by atoms with Crippen molar-refractivity contribution in [2.24, 2.45) is 5.73 Å². The molecule has 0 bridgehead atoms. The minimum atomic E-state index is -0.641. The predicted molar refractivity (Wildman–Crippen MR) is 77.5 cm³/mol. The number of para-hydroxylation sites is 1. The molecule has 0 heterocycles. The summed E-state index contributed by atoms with van der Waals surface area (Å²) in [6.07, 6.45) is 0.659. The molecule has 0 unspecified atom stereocenters. The first kappa shape index (κ1) is 15.4. The van der Waals surface area contributed by atoms with E-state index >= 15 is 0 Å². The van der Waals surface area contributed by atoms with Crippen molar-refractivity contribution in [2.45, 2.75) is 13.0 Å². The van der Waals surface area contributed by atoms with Gasteiger partial charge in [-0.2, -0.15) is 0 Å². The molecule has 5 heteroatoms. The van der Waals surface area contributed by atoms with Crippen molar-refractivity contribution in [1.82, 2.24) is 0 Å². The van der Waals surface area contributed by atoms with Crippen LogP contribution in [0.1, 0.15) is 12.0 Å². The highest BCUT2D eigenvalue weighted by Gasteiger charge is 2.12. The predicted octanol–water partition coefficient (Wildman–Crippen LogP) is 3.46. The minimum absolute atomic E-state index is 0.218. The molecule has 0 fully saturated rings. The van der Waals surface area contributed by atoms with Gasteiger partial charge in [-0.1, -0.05) is 12.1 Å². The lowest BCUT2D eigenvalue weighted by molar-refractivity contribution is 0.577. The summed E-state index contributed by atoms with van der Waals surface area (Å²) in [5.41, 5.74) is 6.34. The van der Waals surface area contributed by atoms with Crippen molar-refractivity contribution >= 4 is 5.69 Å². The summed E-state index contributed by atoms with van der Waals surface area (Å²) < 4.78 is 40.4. The van der Waals surface area contributed by atoms with Gasteiger partial charge in [-0.15, -0.1) is 0 Å². The second-order valence-electron chi connectivity index (χ2n) is 4.79. The number of hydrogen-bond acceptors (Lipinski definition) is 2. The molecular formula is C16H17F3N2. The highest BCUT2D eigenvalue weighted by atomic mass is 19.1. The van der Waals surface area contributed by atoms with Crippen LogP contribution in [0.4, 0.5) is 18.9 Å². The van der Waals surface area contributed by atoms with Crippen LogP contribution in [-0.4, -0.2) is 13.1 Å². The summed E-state index contributed by atoms with van der Waals surface area (Å²) in [6, 6.07) is 9.63. The van der Waals surface area contributed by atoms with E-state index in [1.165, 1.54) is 18.2 Å². The van der Waals surface area contributed by atoms with Crippen molar-refractivity contribution in [1.29, 1.82) is 0 Å². The number of halogens is 3. The van der Waals surface area contributed by atoms with E-state index in [0.29, 0.717) is 30.8 Å². The summed E-state index contributed by atoms with van der Waals surface area (Å²) in [7, 11) is 0. The van der Waals surface area contributed by atoms with Crippen LogP contribution in [0.5, 0.6) is 0 Å². The van der Waals surface area contributed by atoms with E-state index in [0.717, 1.165) is 6.07 Å². The van der Waals surface area contributed by atoms with Gasteiger partial charge in [-0.05, 0) is 42.8 Å². The Balaban J connectivity index is 2.26. The zero-order valence-corrected chi connectivity index (χ0v) is 11.5. The maximum Gasteiger partial charge on any atom is 0.146 e. The van der Waals surface area contributed by atoms with Crippen molar-refractivity contribution in [3.05, 3.63) is 65.5 Å². The SMILES string of the molecule is NCCCN(Cc1cc(F)cc(F)c1)c1ccccc1F. The van der Waals surface area contributed by atoms with Crippen LogP contribution in [0, 0.1) is 17.5 Å². The minimum Gasteiger partial charge on any atom is -0.365 e. The van der Waals surface area contributed by atoms with E-state index in [2.05, 4.69) is 0 Å². The second kappa shape index (κ2) is 7.13. The van der Waals surface area contributed by atoms with E-state index in [4.69, 9.17) is 5.73 Å². The lowest BCUT2D eigenvalue weighted by Gasteiger charge is -2.25. The van der Waals surface area contributed by atoms with Crippen LogP contribution >= 0.6 is 0 Å². The highest BCUT2D eigenvalue weighted by molar-refractivity contribution is 5.48. The average Bonchev–Trinajstić information content (AvgIpc) is 2.43. The zero-order valence-electron chi connectivity index (χ0n) is 11.5. The Bertz CT molecular complexity index is 582. The summed E-state index contributed by atoms with van der Waals surface area (Å²) in [5.74, 6) is -1.65. The fourth-order valence-electron chi connectivity index (χ4n) is 2.20. The van der Waals surface area contributed by atoms with E-state index in [1.807, 2.05) is 0 Å². The van der Waals surface area contributed by atoms with Gasteiger partial charge in [0.1, 0.15) is 17.5 Å². The van der Waals surface area contributed by atoms with Gasteiger partial charge >= 0.3 is 0 Å². The average molecular weight is 294 g/mol. The highest BCUT2D eigenvalue weighted by Crippen LogP contribution is 2.22. The van der Waals surface area contributed by atoms with E-state index in [-0.39, 0.29) is 12.4 Å². The number of nitrogens with zero attached hydrogens (tertiary/aromatic N) is 1. The Kier molecular flexibility index (Phi) is 5.22. The third kappa shape index (κ3) is 4.23. The van der Waals surface area contributed by atoms with Gasteiger partial charge in [0.2, 0.25) is 0 Å². The maximum atomic E-state index is 13.9. The molecule has 0 amide bonds. The third-order valence-corrected chi connectivity index (χ3v) is 3.12. The first-order valence-electron chi connectivity index (χ1n) is 6.74. The van der Waals surface area contributed by atoms with Crippen LogP contribution in [-0.2, 0) is 6.54 Å². The molecule has 0 aliphatic carbocycles. The molecule has 0 aliphatic heterocycles. The topological polar surface area (TPSA) is 29.3 Å². The van der Waals surface area contributed by atoms with Crippen molar-refractivity contribution in [3.8, 4) is 0 Å². The largest absolute Gasteiger partial charge is 0.365 e.